The molecule has 0 atom stereocenters. The molecule has 0 aliphatic carbocycles. The van der Waals surface area contributed by atoms with Crippen LogP contribution in [0.4, 0.5) is 0 Å². The summed E-state index contributed by atoms with van der Waals surface area (Å²) in [7, 11) is -2.91. The number of thiol groups is 1. The van der Waals surface area contributed by atoms with Gasteiger partial charge in [-0.05, 0) is 17.7 Å². The molecule has 4 heteroatoms. The molecule has 0 radical (unpaired) electrons. The van der Waals surface area contributed by atoms with Crippen LogP contribution in [0.15, 0.2) is 29.2 Å². The fraction of sp³-hybridized carbons (Fsp3) is 0.250. The summed E-state index contributed by atoms with van der Waals surface area (Å²) in [5, 5.41) is 0. The lowest BCUT2D eigenvalue weighted by Gasteiger charge is -1.98. The van der Waals surface area contributed by atoms with Crippen molar-refractivity contribution < 1.29 is 8.42 Å². The van der Waals surface area contributed by atoms with Crippen LogP contribution in [0.25, 0.3) is 0 Å². The van der Waals surface area contributed by atoms with Crippen molar-refractivity contribution in [2.45, 2.75) is 10.6 Å². The van der Waals surface area contributed by atoms with E-state index in [1.54, 1.807) is 24.3 Å². The summed E-state index contributed by atoms with van der Waals surface area (Å²) in [6.07, 6.45) is 1.22. The van der Waals surface area contributed by atoms with E-state index in [1.807, 2.05) is 0 Å². The Morgan fingerprint density at radius 1 is 1.25 bits per heavy atom. The molecule has 0 aliphatic rings. The minimum absolute atomic E-state index is 0.0983. The normalized spacial score (nSPS) is 11.5. The van der Waals surface area contributed by atoms with Gasteiger partial charge < -0.3 is 0 Å². The molecular formula is C8H10O2S2. The summed E-state index contributed by atoms with van der Waals surface area (Å²) in [6, 6.07) is 7.10. The van der Waals surface area contributed by atoms with Crippen molar-refractivity contribution in [2.75, 3.05) is 6.26 Å². The Hall–Kier alpha value is -0.480. The lowest BCUT2D eigenvalue weighted by molar-refractivity contribution is 0.601. The van der Waals surface area contributed by atoms with Gasteiger partial charge in [-0.25, -0.2) is 8.42 Å². The smallest absolute Gasteiger partial charge is 0.151 e. The van der Waals surface area contributed by atoms with Gasteiger partial charge in [-0.3, -0.25) is 0 Å². The second-order valence-electron chi connectivity index (χ2n) is 2.74. The molecule has 1 aromatic carbocycles. The maximum absolute atomic E-state index is 10.9. The molecule has 0 aliphatic heterocycles. The highest BCUT2D eigenvalue weighted by Gasteiger charge is 2.02. The van der Waals surface area contributed by atoms with Crippen LogP contribution in [0.1, 0.15) is 5.56 Å². The molecular weight excluding hydrogens is 192 g/mol. The monoisotopic (exact) mass is 202 g/mol. The average molecular weight is 202 g/mol. The van der Waals surface area contributed by atoms with Crippen LogP contribution in [0.3, 0.4) is 0 Å². The van der Waals surface area contributed by atoms with Crippen LogP contribution >= 0.6 is 12.6 Å². The fourth-order valence-electron chi connectivity index (χ4n) is 0.895. The Labute approximate surface area is 77.9 Å². The van der Waals surface area contributed by atoms with E-state index >= 15 is 0 Å². The van der Waals surface area contributed by atoms with E-state index in [9.17, 15) is 8.42 Å². The number of benzene rings is 1. The minimum Gasteiger partial charge on any atom is -0.229 e. The molecule has 0 saturated carbocycles. The average Bonchev–Trinajstić information content (AvgIpc) is 1.91. The first-order chi connectivity index (χ1) is 5.47. The molecule has 0 saturated heterocycles. The van der Waals surface area contributed by atoms with Gasteiger partial charge in [0, 0.05) is 11.2 Å². The van der Waals surface area contributed by atoms with Crippen molar-refractivity contribution in [3.8, 4) is 0 Å². The molecule has 1 rings (SSSR count). The Morgan fingerprint density at radius 2 is 1.75 bits per heavy atom. The zero-order chi connectivity index (χ0) is 9.19. The summed E-state index contributed by atoms with van der Waals surface area (Å²) in [5.74, 6) is 0.0983. The molecule has 12 heavy (non-hydrogen) atoms. The third-order valence-electron chi connectivity index (χ3n) is 1.37. The van der Waals surface area contributed by atoms with Crippen molar-refractivity contribution >= 4 is 22.5 Å². The number of rotatable bonds is 2. The standard InChI is InChI=1S/C8H10O2S2/c1-12(9,10)6-7-2-4-8(11)5-3-7/h2-5,11H,6H2,1H3. The predicted molar refractivity (Wildman–Crippen MR) is 52.2 cm³/mol. The third kappa shape index (κ3) is 3.28. The van der Waals surface area contributed by atoms with Crippen molar-refractivity contribution in [3.05, 3.63) is 29.8 Å². The maximum Gasteiger partial charge on any atom is 0.151 e. The Balaban J connectivity index is 2.85. The quantitative estimate of drug-likeness (QED) is 0.738. The first kappa shape index (κ1) is 9.61. The molecule has 0 unspecified atom stereocenters. The topological polar surface area (TPSA) is 34.1 Å². The van der Waals surface area contributed by atoms with Crippen LogP contribution in [0, 0.1) is 0 Å². The van der Waals surface area contributed by atoms with Gasteiger partial charge >= 0.3 is 0 Å². The molecule has 0 amide bonds. The highest BCUT2D eigenvalue weighted by atomic mass is 32.2. The lowest BCUT2D eigenvalue weighted by atomic mass is 10.2. The molecule has 0 spiro atoms. The molecule has 2 nitrogen and oxygen atoms in total. The van der Waals surface area contributed by atoms with E-state index in [1.165, 1.54) is 6.26 Å². The van der Waals surface area contributed by atoms with Crippen LogP contribution in [0.5, 0.6) is 0 Å². The van der Waals surface area contributed by atoms with Crippen LogP contribution in [0.2, 0.25) is 0 Å². The van der Waals surface area contributed by atoms with E-state index < -0.39 is 9.84 Å². The summed E-state index contributed by atoms with van der Waals surface area (Å²) in [5.41, 5.74) is 0.801. The van der Waals surface area contributed by atoms with Crippen LogP contribution < -0.4 is 0 Å². The van der Waals surface area contributed by atoms with E-state index in [4.69, 9.17) is 0 Å². The summed E-state index contributed by atoms with van der Waals surface area (Å²) < 4.78 is 21.7. The van der Waals surface area contributed by atoms with Gasteiger partial charge in [-0.1, -0.05) is 12.1 Å². The van der Waals surface area contributed by atoms with Crippen molar-refractivity contribution in [3.63, 3.8) is 0 Å². The van der Waals surface area contributed by atoms with Crippen molar-refractivity contribution in [2.24, 2.45) is 0 Å². The van der Waals surface area contributed by atoms with Gasteiger partial charge in [0.25, 0.3) is 0 Å². The maximum atomic E-state index is 10.9. The highest BCUT2D eigenvalue weighted by Crippen LogP contribution is 2.09. The zero-order valence-electron chi connectivity index (χ0n) is 6.69. The molecule has 0 fully saturated rings. The van der Waals surface area contributed by atoms with Crippen molar-refractivity contribution in [1.29, 1.82) is 0 Å². The highest BCUT2D eigenvalue weighted by molar-refractivity contribution is 7.89. The number of hydrogen-bond donors (Lipinski definition) is 1. The third-order valence-corrected chi connectivity index (χ3v) is 2.52. The minimum atomic E-state index is -2.91. The van der Waals surface area contributed by atoms with Gasteiger partial charge in [-0.15, -0.1) is 12.6 Å². The Kier molecular flexibility index (Phi) is 2.80. The van der Waals surface area contributed by atoms with Crippen molar-refractivity contribution in [1.82, 2.24) is 0 Å². The summed E-state index contributed by atoms with van der Waals surface area (Å²) in [6.45, 7) is 0. The van der Waals surface area contributed by atoms with Gasteiger partial charge in [0.2, 0.25) is 0 Å². The largest absolute Gasteiger partial charge is 0.229 e. The summed E-state index contributed by atoms with van der Waals surface area (Å²) >= 11 is 4.09. The zero-order valence-corrected chi connectivity index (χ0v) is 8.40. The molecule has 1 aromatic rings. The second kappa shape index (κ2) is 3.49. The molecule has 66 valence electrons. The van der Waals surface area contributed by atoms with E-state index in [0.717, 1.165) is 10.5 Å². The summed E-state index contributed by atoms with van der Waals surface area (Å²) in [4.78, 5) is 0.840. The lowest BCUT2D eigenvalue weighted by Crippen LogP contribution is -1.99. The molecule has 0 aromatic heterocycles. The van der Waals surface area contributed by atoms with E-state index in [0.29, 0.717) is 0 Å². The Bertz CT molecular complexity index is 351. The SMILES string of the molecule is CS(=O)(=O)Cc1ccc(S)cc1. The number of sulfone groups is 1. The van der Waals surface area contributed by atoms with Crippen LogP contribution in [-0.4, -0.2) is 14.7 Å². The van der Waals surface area contributed by atoms with Gasteiger partial charge in [0.15, 0.2) is 9.84 Å². The number of hydrogen-bond acceptors (Lipinski definition) is 3. The van der Waals surface area contributed by atoms with Gasteiger partial charge in [-0.2, -0.15) is 0 Å². The van der Waals surface area contributed by atoms with Gasteiger partial charge in [0.1, 0.15) is 0 Å². The first-order valence-corrected chi connectivity index (χ1v) is 5.94. The fourth-order valence-corrected chi connectivity index (χ4v) is 1.84. The first-order valence-electron chi connectivity index (χ1n) is 3.43. The molecule has 0 N–H and O–H groups in total. The Morgan fingerprint density at radius 3 is 2.17 bits per heavy atom. The van der Waals surface area contributed by atoms with Gasteiger partial charge in [0.05, 0.1) is 5.75 Å². The predicted octanol–water partition coefficient (Wildman–Crippen LogP) is 1.52. The van der Waals surface area contributed by atoms with E-state index in [-0.39, 0.29) is 5.75 Å². The molecule has 0 bridgehead atoms. The van der Waals surface area contributed by atoms with Crippen LogP contribution in [-0.2, 0) is 15.6 Å². The second-order valence-corrected chi connectivity index (χ2v) is 5.39. The molecule has 0 heterocycles. The van der Waals surface area contributed by atoms with E-state index in [2.05, 4.69) is 12.6 Å².